The van der Waals surface area contributed by atoms with Crippen LogP contribution >= 0.6 is 15.9 Å². The second-order valence-corrected chi connectivity index (χ2v) is 5.01. The molecule has 0 aliphatic rings. The summed E-state index contributed by atoms with van der Waals surface area (Å²) in [6.07, 6.45) is 1.81. The van der Waals surface area contributed by atoms with Gasteiger partial charge in [-0.3, -0.25) is 4.79 Å². The minimum atomic E-state index is -0.660. The van der Waals surface area contributed by atoms with Crippen molar-refractivity contribution in [2.75, 3.05) is 0 Å². The molecule has 0 saturated carbocycles. The summed E-state index contributed by atoms with van der Waals surface area (Å²) in [5.41, 5.74) is 6.42. The summed E-state index contributed by atoms with van der Waals surface area (Å²) >= 11 is 3.37. The van der Waals surface area contributed by atoms with Crippen LogP contribution in [-0.2, 0) is 11.2 Å². The van der Waals surface area contributed by atoms with Crippen LogP contribution in [0.3, 0.4) is 0 Å². The normalized spacial score (nSPS) is 11.5. The Morgan fingerprint density at radius 2 is 1.75 bits per heavy atom. The maximum atomic E-state index is 12.0. The number of carbonyl (C=O) groups excluding carboxylic acids is 1. The van der Waals surface area contributed by atoms with E-state index < -0.39 is 5.54 Å². The van der Waals surface area contributed by atoms with Gasteiger partial charge in [0.25, 0.3) is 0 Å². The Morgan fingerprint density at radius 3 is 2.19 bits per heavy atom. The number of carbonyl (C=O) groups is 1. The van der Waals surface area contributed by atoms with Gasteiger partial charge in [0.15, 0.2) is 5.78 Å². The molecule has 0 fully saturated rings. The minimum Gasteiger partial charge on any atom is -0.319 e. The van der Waals surface area contributed by atoms with Crippen molar-refractivity contribution in [2.45, 2.75) is 38.6 Å². The third kappa shape index (κ3) is 3.16. The molecule has 0 spiro atoms. The van der Waals surface area contributed by atoms with Crippen LogP contribution in [0.2, 0.25) is 0 Å². The Bertz CT molecular complexity index is 355. The maximum Gasteiger partial charge on any atom is 0.156 e. The van der Waals surface area contributed by atoms with Gasteiger partial charge in [0.2, 0.25) is 0 Å². The highest BCUT2D eigenvalue weighted by Gasteiger charge is 2.29. The number of ketones is 1. The Hall–Kier alpha value is -0.670. The lowest BCUT2D eigenvalue weighted by molar-refractivity contribution is -0.123. The molecule has 2 nitrogen and oxygen atoms in total. The van der Waals surface area contributed by atoms with Gasteiger partial charge in [0, 0.05) is 10.9 Å². The lowest BCUT2D eigenvalue weighted by Crippen LogP contribution is -2.47. The Balaban J connectivity index is 2.74. The van der Waals surface area contributed by atoms with Crippen LogP contribution in [0, 0.1) is 0 Å². The molecule has 0 radical (unpaired) electrons. The molecule has 0 saturated heterocycles. The van der Waals surface area contributed by atoms with E-state index in [1.165, 1.54) is 0 Å². The number of rotatable bonds is 5. The summed E-state index contributed by atoms with van der Waals surface area (Å²) in [4.78, 5) is 12.0. The highest BCUT2D eigenvalue weighted by atomic mass is 79.9. The molecule has 0 aliphatic carbocycles. The molecule has 3 heteroatoms. The first kappa shape index (κ1) is 13.4. The highest BCUT2D eigenvalue weighted by molar-refractivity contribution is 9.10. The van der Waals surface area contributed by atoms with E-state index in [-0.39, 0.29) is 5.78 Å². The van der Waals surface area contributed by atoms with Crippen LogP contribution in [-0.4, -0.2) is 11.3 Å². The molecule has 88 valence electrons. The van der Waals surface area contributed by atoms with Crippen LogP contribution in [0.15, 0.2) is 28.7 Å². The number of halogens is 1. The van der Waals surface area contributed by atoms with Crippen molar-refractivity contribution in [3.8, 4) is 0 Å². The fourth-order valence-electron chi connectivity index (χ4n) is 1.61. The van der Waals surface area contributed by atoms with E-state index >= 15 is 0 Å². The van der Waals surface area contributed by atoms with E-state index in [4.69, 9.17) is 5.73 Å². The molecular weight excluding hydrogens is 266 g/mol. The van der Waals surface area contributed by atoms with Crippen LogP contribution in [0.4, 0.5) is 0 Å². The topological polar surface area (TPSA) is 43.1 Å². The summed E-state index contributed by atoms with van der Waals surface area (Å²) in [6.45, 7) is 3.92. The summed E-state index contributed by atoms with van der Waals surface area (Å²) in [5.74, 6) is 0.125. The maximum absolute atomic E-state index is 12.0. The van der Waals surface area contributed by atoms with E-state index in [2.05, 4.69) is 15.9 Å². The van der Waals surface area contributed by atoms with E-state index in [1.807, 2.05) is 38.1 Å². The molecule has 16 heavy (non-hydrogen) atoms. The molecule has 0 aliphatic heterocycles. The number of hydrogen-bond donors (Lipinski definition) is 1. The highest BCUT2D eigenvalue weighted by Crippen LogP contribution is 2.17. The van der Waals surface area contributed by atoms with Gasteiger partial charge in [-0.15, -0.1) is 0 Å². The second kappa shape index (κ2) is 5.60. The molecule has 1 aromatic carbocycles. The first-order chi connectivity index (χ1) is 7.51. The number of nitrogens with two attached hydrogens (primary N) is 1. The summed E-state index contributed by atoms with van der Waals surface area (Å²) in [7, 11) is 0. The number of hydrogen-bond acceptors (Lipinski definition) is 2. The monoisotopic (exact) mass is 283 g/mol. The summed E-state index contributed by atoms with van der Waals surface area (Å²) < 4.78 is 1.02. The molecule has 2 N–H and O–H groups in total. The van der Waals surface area contributed by atoms with Gasteiger partial charge >= 0.3 is 0 Å². The summed E-state index contributed by atoms with van der Waals surface area (Å²) in [5, 5.41) is 0. The number of benzene rings is 1. The van der Waals surface area contributed by atoms with Gasteiger partial charge in [-0.1, -0.05) is 41.9 Å². The average molecular weight is 284 g/mol. The van der Waals surface area contributed by atoms with Crippen molar-refractivity contribution in [2.24, 2.45) is 5.73 Å². The molecular formula is C13H18BrNO. The molecule has 0 heterocycles. The van der Waals surface area contributed by atoms with Gasteiger partial charge in [-0.2, -0.15) is 0 Å². The molecule has 0 amide bonds. The summed E-state index contributed by atoms with van der Waals surface area (Å²) in [6, 6.07) is 7.79. The van der Waals surface area contributed by atoms with E-state index in [1.54, 1.807) is 0 Å². The van der Waals surface area contributed by atoms with Crippen molar-refractivity contribution in [3.63, 3.8) is 0 Å². The fourth-order valence-corrected chi connectivity index (χ4v) is 1.87. The molecule has 1 rings (SSSR count). The zero-order valence-electron chi connectivity index (χ0n) is 9.79. The van der Waals surface area contributed by atoms with Crippen LogP contribution in [0.5, 0.6) is 0 Å². The number of Topliss-reactive ketones (excluding diaryl/α,β-unsaturated/α-hetero) is 1. The predicted molar refractivity (Wildman–Crippen MR) is 70.4 cm³/mol. The Morgan fingerprint density at radius 1 is 1.25 bits per heavy atom. The zero-order chi connectivity index (χ0) is 12.2. The predicted octanol–water partition coefficient (Wildman–Crippen LogP) is 3.08. The molecule has 0 bridgehead atoms. The zero-order valence-corrected chi connectivity index (χ0v) is 11.4. The van der Waals surface area contributed by atoms with Crippen LogP contribution in [0.1, 0.15) is 32.3 Å². The van der Waals surface area contributed by atoms with Crippen LogP contribution < -0.4 is 5.73 Å². The third-order valence-corrected chi connectivity index (χ3v) is 3.62. The van der Waals surface area contributed by atoms with E-state index in [9.17, 15) is 4.79 Å². The second-order valence-electron chi connectivity index (χ2n) is 4.09. The Labute approximate surface area is 105 Å². The molecule has 0 aromatic heterocycles. The molecule has 0 unspecified atom stereocenters. The quantitative estimate of drug-likeness (QED) is 0.903. The van der Waals surface area contributed by atoms with Gasteiger partial charge in [0.1, 0.15) is 0 Å². The SMILES string of the molecule is CCC(N)(CC)C(=O)Cc1ccc(Br)cc1. The average Bonchev–Trinajstić information content (AvgIpc) is 2.31. The van der Waals surface area contributed by atoms with Crippen molar-refractivity contribution < 1.29 is 4.79 Å². The first-order valence-electron chi connectivity index (χ1n) is 5.58. The van der Waals surface area contributed by atoms with Crippen molar-refractivity contribution >= 4 is 21.7 Å². The van der Waals surface area contributed by atoms with Gasteiger partial charge in [-0.25, -0.2) is 0 Å². The smallest absolute Gasteiger partial charge is 0.156 e. The lowest BCUT2D eigenvalue weighted by Gasteiger charge is -2.24. The van der Waals surface area contributed by atoms with Gasteiger partial charge < -0.3 is 5.73 Å². The lowest BCUT2D eigenvalue weighted by atomic mass is 9.86. The first-order valence-corrected chi connectivity index (χ1v) is 6.37. The molecule has 0 atom stereocenters. The standard InChI is InChI=1S/C13H18BrNO/c1-3-13(15,4-2)12(16)9-10-5-7-11(14)8-6-10/h5-8H,3-4,9,15H2,1-2H3. The van der Waals surface area contributed by atoms with Gasteiger partial charge in [0.05, 0.1) is 5.54 Å². The van der Waals surface area contributed by atoms with Crippen molar-refractivity contribution in [1.82, 2.24) is 0 Å². The third-order valence-electron chi connectivity index (χ3n) is 3.10. The van der Waals surface area contributed by atoms with E-state index in [0.717, 1.165) is 10.0 Å². The fraction of sp³-hybridized carbons (Fsp3) is 0.462. The van der Waals surface area contributed by atoms with E-state index in [0.29, 0.717) is 19.3 Å². The Kier molecular flexibility index (Phi) is 4.69. The molecule has 1 aromatic rings. The van der Waals surface area contributed by atoms with Crippen molar-refractivity contribution in [3.05, 3.63) is 34.3 Å². The largest absolute Gasteiger partial charge is 0.319 e. The minimum absolute atomic E-state index is 0.125. The van der Waals surface area contributed by atoms with Gasteiger partial charge in [-0.05, 0) is 30.5 Å². The van der Waals surface area contributed by atoms with Crippen LogP contribution in [0.25, 0.3) is 0 Å². The van der Waals surface area contributed by atoms with Crippen molar-refractivity contribution in [1.29, 1.82) is 0 Å².